The Morgan fingerprint density at radius 2 is 2.00 bits per heavy atom. The number of primary amides is 1. The van der Waals surface area contributed by atoms with Crippen molar-refractivity contribution in [1.29, 1.82) is 0 Å². The number of carbonyl (C=O) groups excluding carboxylic acids is 1. The van der Waals surface area contributed by atoms with Gasteiger partial charge in [0.05, 0.1) is 0 Å². The Morgan fingerprint density at radius 1 is 1.12 bits per heavy atom. The second kappa shape index (κ2) is 3.34. The minimum Gasteiger partial charge on any atom is -0.366 e. The molecule has 2 heteroatoms. The van der Waals surface area contributed by atoms with Crippen molar-refractivity contribution >= 4 is 16.7 Å². The Labute approximate surface area is 94.1 Å². The van der Waals surface area contributed by atoms with Gasteiger partial charge >= 0.3 is 0 Å². The van der Waals surface area contributed by atoms with Crippen LogP contribution in [0.25, 0.3) is 10.8 Å². The Bertz CT molecular complexity index is 587. The van der Waals surface area contributed by atoms with Gasteiger partial charge < -0.3 is 5.73 Å². The van der Waals surface area contributed by atoms with E-state index in [0.29, 0.717) is 5.56 Å². The van der Waals surface area contributed by atoms with Crippen molar-refractivity contribution in [3.63, 3.8) is 0 Å². The summed E-state index contributed by atoms with van der Waals surface area (Å²) in [7, 11) is 0. The molecule has 0 saturated heterocycles. The van der Waals surface area contributed by atoms with Crippen LogP contribution in [0.1, 0.15) is 27.9 Å². The fourth-order valence-corrected chi connectivity index (χ4v) is 2.69. The van der Waals surface area contributed by atoms with Gasteiger partial charge in [-0.05, 0) is 47.2 Å². The van der Waals surface area contributed by atoms with Crippen molar-refractivity contribution in [1.82, 2.24) is 0 Å². The summed E-state index contributed by atoms with van der Waals surface area (Å²) in [5.41, 5.74) is 8.60. The van der Waals surface area contributed by atoms with Gasteiger partial charge in [0.1, 0.15) is 0 Å². The maximum Gasteiger partial charge on any atom is 0.248 e. The zero-order valence-electron chi connectivity index (χ0n) is 8.99. The molecule has 0 aliphatic heterocycles. The summed E-state index contributed by atoms with van der Waals surface area (Å²) in [4.78, 5) is 11.4. The van der Waals surface area contributed by atoms with E-state index in [1.165, 1.54) is 16.3 Å². The van der Waals surface area contributed by atoms with Crippen molar-refractivity contribution < 1.29 is 4.79 Å². The highest BCUT2D eigenvalue weighted by molar-refractivity contribution is 6.02. The highest BCUT2D eigenvalue weighted by atomic mass is 16.1. The molecule has 16 heavy (non-hydrogen) atoms. The third kappa shape index (κ3) is 1.23. The number of aryl methyl sites for hydroxylation is 2. The van der Waals surface area contributed by atoms with Crippen LogP contribution in [0.4, 0.5) is 0 Å². The fourth-order valence-electron chi connectivity index (χ4n) is 2.69. The van der Waals surface area contributed by atoms with Crippen molar-refractivity contribution in [2.24, 2.45) is 5.73 Å². The highest BCUT2D eigenvalue weighted by Gasteiger charge is 2.17. The molecule has 2 N–H and O–H groups in total. The third-order valence-electron chi connectivity index (χ3n) is 3.38. The minimum absolute atomic E-state index is 0.311. The number of amides is 1. The maximum absolute atomic E-state index is 11.4. The molecule has 0 spiro atoms. The zero-order valence-corrected chi connectivity index (χ0v) is 8.99. The van der Waals surface area contributed by atoms with Gasteiger partial charge in [-0.3, -0.25) is 4.79 Å². The van der Waals surface area contributed by atoms with Gasteiger partial charge in [-0.25, -0.2) is 0 Å². The fraction of sp³-hybridized carbons (Fsp3) is 0.214. The van der Waals surface area contributed by atoms with Crippen molar-refractivity contribution in [2.45, 2.75) is 19.3 Å². The van der Waals surface area contributed by atoms with Gasteiger partial charge in [0.25, 0.3) is 0 Å². The predicted octanol–water partition coefficient (Wildman–Crippen LogP) is 2.43. The van der Waals surface area contributed by atoms with Crippen LogP contribution in [0.15, 0.2) is 30.3 Å². The molecule has 0 fully saturated rings. The number of hydrogen-bond donors (Lipinski definition) is 1. The van der Waals surface area contributed by atoms with E-state index in [0.717, 1.165) is 24.8 Å². The normalized spacial score (nSPS) is 14.0. The van der Waals surface area contributed by atoms with E-state index in [1.807, 2.05) is 12.1 Å². The van der Waals surface area contributed by atoms with Gasteiger partial charge in [0, 0.05) is 5.56 Å². The van der Waals surface area contributed by atoms with E-state index in [-0.39, 0.29) is 5.91 Å². The molecule has 0 heterocycles. The Kier molecular flexibility index (Phi) is 1.96. The summed E-state index contributed by atoms with van der Waals surface area (Å²) >= 11 is 0. The first-order chi connectivity index (χ1) is 7.77. The van der Waals surface area contributed by atoms with Crippen molar-refractivity contribution in [3.05, 3.63) is 47.0 Å². The molecule has 2 aromatic rings. The van der Waals surface area contributed by atoms with Crippen molar-refractivity contribution in [2.75, 3.05) is 0 Å². The van der Waals surface area contributed by atoms with Crippen molar-refractivity contribution in [3.8, 4) is 0 Å². The van der Waals surface area contributed by atoms with E-state index < -0.39 is 0 Å². The molecule has 0 unspecified atom stereocenters. The van der Waals surface area contributed by atoms with E-state index in [2.05, 4.69) is 18.2 Å². The van der Waals surface area contributed by atoms with E-state index in [1.54, 1.807) is 0 Å². The lowest BCUT2D eigenvalue weighted by atomic mass is 9.86. The van der Waals surface area contributed by atoms with Crippen LogP contribution in [0.2, 0.25) is 0 Å². The molecule has 3 rings (SSSR count). The number of benzene rings is 2. The number of carbonyl (C=O) groups is 1. The first-order valence-corrected chi connectivity index (χ1v) is 5.60. The lowest BCUT2D eigenvalue weighted by Crippen LogP contribution is -2.16. The molecule has 1 aliphatic carbocycles. The van der Waals surface area contributed by atoms with E-state index in [4.69, 9.17) is 5.73 Å². The Morgan fingerprint density at radius 3 is 2.81 bits per heavy atom. The molecule has 0 saturated carbocycles. The largest absolute Gasteiger partial charge is 0.366 e. The molecule has 0 radical (unpaired) electrons. The number of hydrogen-bond acceptors (Lipinski definition) is 1. The molecule has 0 aromatic heterocycles. The standard InChI is InChI=1S/C14H13NO/c15-14(16)12-8-7-10-4-1-3-9-5-2-6-11(12)13(9)10/h1,3-4,7-8H,2,5-6H2,(H2,15,16). The maximum atomic E-state index is 11.4. The van der Waals surface area contributed by atoms with Gasteiger partial charge in [0.15, 0.2) is 0 Å². The molecule has 80 valence electrons. The smallest absolute Gasteiger partial charge is 0.248 e. The predicted molar refractivity (Wildman–Crippen MR) is 64.5 cm³/mol. The summed E-state index contributed by atoms with van der Waals surface area (Å²) < 4.78 is 0. The van der Waals surface area contributed by atoms with E-state index >= 15 is 0 Å². The number of rotatable bonds is 1. The molecule has 2 aromatic carbocycles. The lowest BCUT2D eigenvalue weighted by Gasteiger charge is -2.19. The van der Waals surface area contributed by atoms with Crippen LogP contribution >= 0.6 is 0 Å². The summed E-state index contributed by atoms with van der Waals surface area (Å²) in [5, 5.41) is 2.47. The molecular weight excluding hydrogens is 198 g/mol. The molecule has 0 atom stereocenters. The van der Waals surface area contributed by atoms with Crippen LogP contribution in [0, 0.1) is 0 Å². The number of nitrogens with two attached hydrogens (primary N) is 1. The summed E-state index contributed by atoms with van der Waals surface area (Å²) in [6.45, 7) is 0. The zero-order chi connectivity index (χ0) is 11.1. The molecule has 0 bridgehead atoms. The van der Waals surface area contributed by atoms with Crippen LogP contribution in [-0.4, -0.2) is 5.91 Å². The topological polar surface area (TPSA) is 43.1 Å². The van der Waals surface area contributed by atoms with Crippen LogP contribution in [0.3, 0.4) is 0 Å². The quantitative estimate of drug-likeness (QED) is 0.773. The summed E-state index contributed by atoms with van der Waals surface area (Å²) in [6.07, 6.45) is 3.18. The lowest BCUT2D eigenvalue weighted by molar-refractivity contribution is 0.0999. The van der Waals surface area contributed by atoms with Crippen LogP contribution in [0.5, 0.6) is 0 Å². The average Bonchev–Trinajstić information content (AvgIpc) is 2.30. The molecule has 1 amide bonds. The molecular formula is C14H13NO. The first-order valence-electron chi connectivity index (χ1n) is 5.60. The van der Waals surface area contributed by atoms with Gasteiger partial charge in [-0.1, -0.05) is 24.3 Å². The minimum atomic E-state index is -0.311. The Hall–Kier alpha value is -1.83. The highest BCUT2D eigenvalue weighted by Crippen LogP contribution is 2.31. The second-order valence-electron chi connectivity index (χ2n) is 4.32. The summed E-state index contributed by atoms with van der Waals surface area (Å²) in [5.74, 6) is -0.311. The first kappa shape index (κ1) is 9.40. The summed E-state index contributed by atoms with van der Waals surface area (Å²) in [6, 6.07) is 10.2. The second-order valence-corrected chi connectivity index (χ2v) is 4.32. The third-order valence-corrected chi connectivity index (χ3v) is 3.38. The SMILES string of the molecule is NC(=O)c1ccc2cccc3c2c1CCC3. The van der Waals surface area contributed by atoms with Crippen LogP contribution < -0.4 is 5.73 Å². The monoisotopic (exact) mass is 211 g/mol. The Balaban J connectivity index is 2.44. The molecule has 1 aliphatic rings. The molecule has 2 nitrogen and oxygen atoms in total. The van der Waals surface area contributed by atoms with Gasteiger partial charge in [-0.2, -0.15) is 0 Å². The van der Waals surface area contributed by atoms with Crippen LogP contribution in [-0.2, 0) is 12.8 Å². The van der Waals surface area contributed by atoms with Gasteiger partial charge in [-0.15, -0.1) is 0 Å². The average molecular weight is 211 g/mol. The van der Waals surface area contributed by atoms with E-state index in [9.17, 15) is 4.79 Å². The van der Waals surface area contributed by atoms with Gasteiger partial charge in [0.2, 0.25) is 5.91 Å².